The summed E-state index contributed by atoms with van der Waals surface area (Å²) in [5.41, 5.74) is 5.99. The second kappa shape index (κ2) is 7.56. The Bertz CT molecular complexity index is 417. The van der Waals surface area contributed by atoms with Crippen molar-refractivity contribution in [1.82, 2.24) is 0 Å². The Morgan fingerprint density at radius 3 is 2.37 bits per heavy atom. The summed E-state index contributed by atoms with van der Waals surface area (Å²) in [7, 11) is 0. The van der Waals surface area contributed by atoms with Crippen LogP contribution in [0.25, 0.3) is 0 Å². The second-order valence-corrected chi connectivity index (χ2v) is 4.68. The van der Waals surface area contributed by atoms with E-state index < -0.39 is 0 Å². The number of anilines is 1. The molecule has 4 nitrogen and oxygen atoms in total. The summed E-state index contributed by atoms with van der Waals surface area (Å²) in [6.45, 7) is 4.08. The van der Waals surface area contributed by atoms with Gasteiger partial charge in [-0.15, -0.1) is 0 Å². The molecule has 0 aliphatic carbocycles. The predicted molar refractivity (Wildman–Crippen MR) is 76.7 cm³/mol. The number of hydrogen-bond donors (Lipinski definition) is 1. The van der Waals surface area contributed by atoms with E-state index in [-0.39, 0.29) is 24.3 Å². The molecule has 0 aliphatic heterocycles. The Hall–Kier alpha value is -1.84. The number of primary amides is 1. The molecule has 1 atom stereocenters. The van der Waals surface area contributed by atoms with Gasteiger partial charge in [0.05, 0.1) is 0 Å². The molecule has 104 valence electrons. The Morgan fingerprint density at radius 1 is 1.21 bits per heavy atom. The highest BCUT2D eigenvalue weighted by molar-refractivity contribution is 5.94. The van der Waals surface area contributed by atoms with Gasteiger partial charge < -0.3 is 10.6 Å². The molecule has 1 unspecified atom stereocenters. The van der Waals surface area contributed by atoms with Gasteiger partial charge in [0.2, 0.25) is 11.8 Å². The number of carbonyl (C=O) groups is 2. The van der Waals surface area contributed by atoms with Gasteiger partial charge in [0.15, 0.2) is 0 Å². The van der Waals surface area contributed by atoms with Crippen molar-refractivity contribution < 1.29 is 9.59 Å². The van der Waals surface area contributed by atoms with E-state index in [1.807, 2.05) is 37.3 Å². The summed E-state index contributed by atoms with van der Waals surface area (Å²) in [6.07, 6.45) is 2.00. The van der Waals surface area contributed by atoms with Crippen LogP contribution in [0.4, 0.5) is 5.69 Å². The van der Waals surface area contributed by atoms with Crippen molar-refractivity contribution in [3.05, 3.63) is 30.3 Å². The van der Waals surface area contributed by atoms with E-state index in [4.69, 9.17) is 5.73 Å². The molecule has 2 N–H and O–H groups in total. The molecular weight excluding hydrogens is 240 g/mol. The second-order valence-electron chi connectivity index (χ2n) is 4.68. The molecular formula is C15H22N2O2. The predicted octanol–water partition coefficient (Wildman–Crippen LogP) is 2.47. The highest BCUT2D eigenvalue weighted by Crippen LogP contribution is 2.20. The summed E-state index contributed by atoms with van der Waals surface area (Å²) in [5, 5.41) is 0. The number of hydrogen-bond acceptors (Lipinski definition) is 2. The first-order chi connectivity index (χ1) is 9.06. The van der Waals surface area contributed by atoms with E-state index in [1.54, 1.807) is 4.90 Å². The number of benzene rings is 1. The summed E-state index contributed by atoms with van der Waals surface area (Å²) < 4.78 is 0. The van der Waals surface area contributed by atoms with Gasteiger partial charge in [-0.3, -0.25) is 9.59 Å². The number of carbonyl (C=O) groups excluding carboxylic acids is 2. The third kappa shape index (κ3) is 4.73. The molecule has 0 aliphatic rings. The molecule has 1 rings (SSSR count). The molecule has 4 heteroatoms. The molecule has 0 aromatic heterocycles. The standard InChI is InChI=1S/C15H22N2O2/c1-3-12(2)17(13-8-5-4-6-9-13)15(19)11-7-10-14(16)18/h4-6,8-9,12H,3,7,10-11H2,1-2H3,(H2,16,18). The monoisotopic (exact) mass is 262 g/mol. The lowest BCUT2D eigenvalue weighted by molar-refractivity contribution is -0.119. The fraction of sp³-hybridized carbons (Fsp3) is 0.467. The third-order valence-corrected chi connectivity index (χ3v) is 3.15. The topological polar surface area (TPSA) is 63.4 Å². The van der Waals surface area contributed by atoms with Crippen LogP contribution in [0.5, 0.6) is 0 Å². The summed E-state index contributed by atoms with van der Waals surface area (Å²) in [4.78, 5) is 24.8. The molecule has 1 aromatic rings. The fourth-order valence-electron chi connectivity index (χ4n) is 1.95. The van der Waals surface area contributed by atoms with Gasteiger partial charge in [0.25, 0.3) is 0 Å². The zero-order valence-electron chi connectivity index (χ0n) is 11.6. The minimum absolute atomic E-state index is 0.0433. The van der Waals surface area contributed by atoms with E-state index >= 15 is 0 Å². The molecule has 0 saturated heterocycles. The minimum Gasteiger partial charge on any atom is -0.370 e. The zero-order valence-corrected chi connectivity index (χ0v) is 11.6. The van der Waals surface area contributed by atoms with Crippen molar-refractivity contribution in [2.24, 2.45) is 5.73 Å². The van der Waals surface area contributed by atoms with Crippen molar-refractivity contribution in [3.63, 3.8) is 0 Å². The molecule has 0 radical (unpaired) electrons. The van der Waals surface area contributed by atoms with Crippen LogP contribution in [0.1, 0.15) is 39.5 Å². The molecule has 0 saturated carbocycles. The van der Waals surface area contributed by atoms with Gasteiger partial charge in [-0.25, -0.2) is 0 Å². The van der Waals surface area contributed by atoms with E-state index in [9.17, 15) is 9.59 Å². The molecule has 0 spiro atoms. The first-order valence-corrected chi connectivity index (χ1v) is 6.71. The van der Waals surface area contributed by atoms with E-state index in [2.05, 4.69) is 6.92 Å². The molecule has 0 heterocycles. The van der Waals surface area contributed by atoms with Gasteiger partial charge in [0.1, 0.15) is 0 Å². The van der Waals surface area contributed by atoms with E-state index in [1.165, 1.54) is 0 Å². The smallest absolute Gasteiger partial charge is 0.227 e. The number of para-hydroxylation sites is 1. The molecule has 19 heavy (non-hydrogen) atoms. The van der Waals surface area contributed by atoms with Crippen molar-refractivity contribution in [2.75, 3.05) is 4.90 Å². The Balaban J connectivity index is 2.75. The SMILES string of the molecule is CCC(C)N(C(=O)CCCC(N)=O)c1ccccc1. The fourth-order valence-corrected chi connectivity index (χ4v) is 1.95. The lowest BCUT2D eigenvalue weighted by Crippen LogP contribution is -2.38. The van der Waals surface area contributed by atoms with Gasteiger partial charge in [-0.2, -0.15) is 0 Å². The van der Waals surface area contributed by atoms with Crippen LogP contribution >= 0.6 is 0 Å². The number of nitrogens with two attached hydrogens (primary N) is 1. The van der Waals surface area contributed by atoms with Gasteiger partial charge >= 0.3 is 0 Å². The first-order valence-electron chi connectivity index (χ1n) is 6.71. The molecule has 2 amide bonds. The third-order valence-electron chi connectivity index (χ3n) is 3.15. The van der Waals surface area contributed by atoms with Crippen molar-refractivity contribution in [2.45, 2.75) is 45.6 Å². The van der Waals surface area contributed by atoms with Crippen molar-refractivity contribution in [1.29, 1.82) is 0 Å². The van der Waals surface area contributed by atoms with Crippen LogP contribution in [0, 0.1) is 0 Å². The molecule has 0 bridgehead atoms. The van der Waals surface area contributed by atoms with E-state index in [0.717, 1.165) is 12.1 Å². The summed E-state index contributed by atoms with van der Waals surface area (Å²) >= 11 is 0. The normalized spacial score (nSPS) is 11.9. The maximum atomic E-state index is 12.3. The van der Waals surface area contributed by atoms with Crippen LogP contribution in [-0.4, -0.2) is 17.9 Å². The van der Waals surface area contributed by atoms with Gasteiger partial charge in [-0.1, -0.05) is 25.1 Å². The average molecular weight is 262 g/mol. The largest absolute Gasteiger partial charge is 0.370 e. The Labute approximate surface area is 114 Å². The van der Waals surface area contributed by atoms with Crippen LogP contribution in [0.2, 0.25) is 0 Å². The zero-order chi connectivity index (χ0) is 14.3. The van der Waals surface area contributed by atoms with Gasteiger partial charge in [0, 0.05) is 24.6 Å². The highest BCUT2D eigenvalue weighted by Gasteiger charge is 2.20. The van der Waals surface area contributed by atoms with Crippen LogP contribution in [0.3, 0.4) is 0 Å². The van der Waals surface area contributed by atoms with Crippen LogP contribution in [0.15, 0.2) is 30.3 Å². The van der Waals surface area contributed by atoms with E-state index in [0.29, 0.717) is 12.8 Å². The maximum Gasteiger partial charge on any atom is 0.227 e. The summed E-state index contributed by atoms with van der Waals surface area (Å²) in [6, 6.07) is 9.76. The quantitative estimate of drug-likeness (QED) is 0.820. The molecule has 1 aromatic carbocycles. The summed E-state index contributed by atoms with van der Waals surface area (Å²) in [5.74, 6) is -0.315. The minimum atomic E-state index is -0.359. The van der Waals surface area contributed by atoms with Crippen molar-refractivity contribution >= 4 is 17.5 Å². The number of rotatable bonds is 7. The number of nitrogens with zero attached hydrogens (tertiary/aromatic N) is 1. The first kappa shape index (κ1) is 15.2. The Kier molecular flexibility index (Phi) is 6.06. The van der Waals surface area contributed by atoms with Crippen LogP contribution < -0.4 is 10.6 Å². The van der Waals surface area contributed by atoms with Crippen LogP contribution in [-0.2, 0) is 9.59 Å². The lowest BCUT2D eigenvalue weighted by atomic mass is 10.1. The van der Waals surface area contributed by atoms with Gasteiger partial charge in [-0.05, 0) is 31.9 Å². The highest BCUT2D eigenvalue weighted by atomic mass is 16.2. The lowest BCUT2D eigenvalue weighted by Gasteiger charge is -2.28. The van der Waals surface area contributed by atoms with Crippen molar-refractivity contribution in [3.8, 4) is 0 Å². The maximum absolute atomic E-state index is 12.3. The number of amides is 2. The Morgan fingerprint density at radius 2 is 1.84 bits per heavy atom. The average Bonchev–Trinajstić information content (AvgIpc) is 2.39. The molecule has 0 fully saturated rings.